The Morgan fingerprint density at radius 1 is 1.03 bits per heavy atom. The molecule has 0 fully saturated rings. The monoisotopic (exact) mass is 482 g/mol. The Bertz CT molecular complexity index is 1030. The van der Waals surface area contributed by atoms with Gasteiger partial charge >= 0.3 is 0 Å². The van der Waals surface area contributed by atoms with E-state index >= 15 is 0 Å². The fourth-order valence-electron chi connectivity index (χ4n) is 3.09. The minimum atomic E-state index is -1.46. The summed E-state index contributed by atoms with van der Waals surface area (Å²) >= 11 is 0. The molecule has 2 aromatic rings. The van der Waals surface area contributed by atoms with Gasteiger partial charge in [-0.1, -0.05) is 12.1 Å². The molecule has 1 aromatic heterocycles. The fourth-order valence-corrected chi connectivity index (χ4v) is 3.09. The highest BCUT2D eigenvalue weighted by Gasteiger charge is 2.27. The number of benzene rings is 1. The number of anilines is 1. The predicted molar refractivity (Wildman–Crippen MR) is 117 cm³/mol. The van der Waals surface area contributed by atoms with E-state index in [1.165, 1.54) is 4.90 Å². The molecule has 1 atom stereocenters. The Hall–Kier alpha value is -4.14. The molecule has 0 aliphatic carbocycles. The van der Waals surface area contributed by atoms with E-state index in [2.05, 4.69) is 24.3 Å². The van der Waals surface area contributed by atoms with Crippen LogP contribution in [0.5, 0.6) is 5.75 Å². The van der Waals surface area contributed by atoms with Gasteiger partial charge in [0.2, 0.25) is 5.88 Å². The maximum atomic E-state index is 12.2. The molecule has 2 N–H and O–H groups in total. The fraction of sp³-hybridized carbons (Fsp3) is 0.474. The molecule has 0 aliphatic heterocycles. The second-order valence-corrected chi connectivity index (χ2v) is 7.12. The zero-order valence-electron chi connectivity index (χ0n) is 19.3. The van der Waals surface area contributed by atoms with Gasteiger partial charge in [-0.2, -0.15) is 0 Å². The van der Waals surface area contributed by atoms with Crippen LogP contribution in [-0.2, 0) is 4.79 Å². The van der Waals surface area contributed by atoms with Crippen molar-refractivity contribution in [1.29, 1.82) is 0 Å². The predicted octanol–water partition coefficient (Wildman–Crippen LogP) is 1.42. The van der Waals surface area contributed by atoms with Gasteiger partial charge in [0.1, 0.15) is 0 Å². The van der Waals surface area contributed by atoms with Crippen molar-refractivity contribution >= 4 is 28.9 Å². The standard InChI is InChI=1S/C13H23N3O2.C6H3N3O7/c1-6-11(16(7-2)8-3)12(17)14-13-9(4)10(5)15-18-13;10-6-4(8(13)14)1-3(7(11)12)2-5(6)9(15)16/h11H,6-8H2,1-5H3,(H,14,17);1-2,10H. The molecule has 34 heavy (non-hydrogen) atoms. The Kier molecular flexibility index (Phi) is 10.0. The van der Waals surface area contributed by atoms with Gasteiger partial charge in [0, 0.05) is 12.0 Å². The van der Waals surface area contributed by atoms with Gasteiger partial charge in [-0.25, -0.2) is 0 Å². The highest BCUT2D eigenvalue weighted by Crippen LogP contribution is 2.36. The molecular formula is C19H26N6O9. The number of aromatic nitrogens is 1. The van der Waals surface area contributed by atoms with Crippen LogP contribution < -0.4 is 15.3 Å². The number of nitrogens with zero attached hydrogens (tertiary/aromatic N) is 4. The first-order valence-electron chi connectivity index (χ1n) is 10.3. The number of hydrogen-bond acceptors (Lipinski definition) is 10. The van der Waals surface area contributed by atoms with Gasteiger partial charge in [-0.3, -0.25) is 40.5 Å². The van der Waals surface area contributed by atoms with Crippen molar-refractivity contribution in [2.24, 2.45) is 0 Å². The summed E-state index contributed by atoms with van der Waals surface area (Å²) < 4.78 is 5.12. The van der Waals surface area contributed by atoms with Crippen molar-refractivity contribution < 1.29 is 34.1 Å². The summed E-state index contributed by atoms with van der Waals surface area (Å²) in [4.78, 5) is 41.0. The second kappa shape index (κ2) is 12.2. The lowest BCUT2D eigenvalue weighted by Crippen LogP contribution is -3.16. The highest BCUT2D eigenvalue weighted by atomic mass is 16.6. The maximum absolute atomic E-state index is 12.2. The quantitative estimate of drug-likeness (QED) is 0.387. The van der Waals surface area contributed by atoms with Gasteiger partial charge in [0.25, 0.3) is 23.0 Å². The number of non-ortho nitro benzene ring substituents is 1. The normalized spacial score (nSPS) is 11.4. The molecule has 2 rings (SSSR count). The third-order valence-electron chi connectivity index (χ3n) is 5.16. The molecule has 186 valence electrons. The number of likely N-dealkylation sites (N-methyl/N-ethyl adjacent to an activating group) is 1. The molecule has 0 spiro atoms. The number of quaternary nitrogens is 1. The smallest absolute Gasteiger partial charge is 0.285 e. The van der Waals surface area contributed by atoms with Crippen molar-refractivity contribution in [2.75, 3.05) is 18.4 Å². The molecule has 1 unspecified atom stereocenters. The molecule has 15 heteroatoms. The first-order valence-corrected chi connectivity index (χ1v) is 10.3. The van der Waals surface area contributed by atoms with E-state index in [0.717, 1.165) is 30.8 Å². The molecule has 0 bridgehead atoms. The van der Waals surface area contributed by atoms with E-state index in [1.807, 2.05) is 20.8 Å². The van der Waals surface area contributed by atoms with E-state index in [4.69, 9.17) is 4.52 Å². The second-order valence-electron chi connectivity index (χ2n) is 7.12. The van der Waals surface area contributed by atoms with Gasteiger partial charge in [-0.15, -0.1) is 0 Å². The third kappa shape index (κ3) is 6.68. The number of nitrogens with one attached hydrogen (secondary N) is 2. The summed E-state index contributed by atoms with van der Waals surface area (Å²) in [6, 6.07) is 0.731. The summed E-state index contributed by atoms with van der Waals surface area (Å²) in [7, 11) is 0. The molecule has 1 heterocycles. The number of nitro benzene ring substituents is 3. The molecule has 0 radical (unpaired) electrons. The number of rotatable bonds is 9. The Labute approximate surface area is 193 Å². The number of carbonyl (C=O) groups excluding carboxylic acids is 1. The summed E-state index contributed by atoms with van der Waals surface area (Å²) in [5, 5.41) is 48.8. The number of nitro groups is 3. The van der Waals surface area contributed by atoms with E-state index in [-0.39, 0.29) is 11.9 Å². The van der Waals surface area contributed by atoms with E-state index in [0.29, 0.717) is 18.0 Å². The molecule has 1 amide bonds. The van der Waals surface area contributed by atoms with E-state index < -0.39 is 37.6 Å². The van der Waals surface area contributed by atoms with Crippen LogP contribution in [0.2, 0.25) is 0 Å². The SMILES string of the molecule is CCC(C(=O)Nc1onc(C)c1C)[NH+](CC)CC.O=[N+]([O-])c1cc([N+](=O)[O-])c([O-])c([N+](=O)[O-])c1. The Morgan fingerprint density at radius 2 is 1.53 bits per heavy atom. The average Bonchev–Trinajstić information content (AvgIpc) is 3.09. The molecule has 0 aliphatic rings. The zero-order chi connectivity index (χ0) is 26.2. The summed E-state index contributed by atoms with van der Waals surface area (Å²) in [6.45, 7) is 11.9. The van der Waals surface area contributed by atoms with Crippen LogP contribution in [0.1, 0.15) is 38.4 Å². The number of amides is 1. The summed E-state index contributed by atoms with van der Waals surface area (Å²) in [5.74, 6) is -0.974. The lowest BCUT2D eigenvalue weighted by molar-refractivity contribution is -0.912. The summed E-state index contributed by atoms with van der Waals surface area (Å²) in [6.07, 6.45) is 0.814. The third-order valence-corrected chi connectivity index (χ3v) is 5.16. The molecular weight excluding hydrogens is 456 g/mol. The number of aryl methyl sites for hydroxylation is 1. The molecule has 0 saturated carbocycles. The van der Waals surface area contributed by atoms with Crippen LogP contribution in [0, 0.1) is 44.2 Å². The Morgan fingerprint density at radius 3 is 1.85 bits per heavy atom. The molecule has 1 aromatic carbocycles. The van der Waals surface area contributed by atoms with Crippen molar-refractivity contribution in [3.8, 4) is 5.75 Å². The van der Waals surface area contributed by atoms with E-state index in [9.17, 15) is 40.2 Å². The van der Waals surface area contributed by atoms with Crippen LogP contribution in [0.4, 0.5) is 22.9 Å². The minimum absolute atomic E-state index is 0.00968. The van der Waals surface area contributed by atoms with Crippen molar-refractivity contribution in [3.05, 3.63) is 53.7 Å². The van der Waals surface area contributed by atoms with Crippen LogP contribution in [-0.4, -0.2) is 45.0 Å². The van der Waals surface area contributed by atoms with Crippen LogP contribution in [0.25, 0.3) is 0 Å². The van der Waals surface area contributed by atoms with Crippen molar-refractivity contribution in [3.63, 3.8) is 0 Å². The van der Waals surface area contributed by atoms with Gasteiger partial charge in [0.05, 0.1) is 51.4 Å². The van der Waals surface area contributed by atoms with Gasteiger partial charge < -0.3 is 14.5 Å². The van der Waals surface area contributed by atoms with Gasteiger partial charge in [0.15, 0.2) is 6.04 Å². The number of hydrogen-bond donors (Lipinski definition) is 2. The lowest BCUT2D eigenvalue weighted by atomic mass is 10.1. The maximum Gasteiger partial charge on any atom is 0.285 e. The number of carbonyl (C=O) groups is 1. The van der Waals surface area contributed by atoms with Crippen LogP contribution in [0.3, 0.4) is 0 Å². The molecule has 15 nitrogen and oxygen atoms in total. The Balaban J connectivity index is 0.000000342. The van der Waals surface area contributed by atoms with E-state index in [1.54, 1.807) is 0 Å². The minimum Gasteiger partial charge on any atom is -0.863 e. The van der Waals surface area contributed by atoms with Crippen LogP contribution >= 0.6 is 0 Å². The van der Waals surface area contributed by atoms with Crippen molar-refractivity contribution in [1.82, 2.24) is 5.16 Å². The highest BCUT2D eigenvalue weighted by molar-refractivity contribution is 5.93. The summed E-state index contributed by atoms with van der Waals surface area (Å²) in [5.41, 5.74) is -1.55. The molecule has 0 saturated heterocycles. The average molecular weight is 482 g/mol. The lowest BCUT2D eigenvalue weighted by Gasteiger charge is -2.24. The zero-order valence-corrected chi connectivity index (χ0v) is 19.3. The van der Waals surface area contributed by atoms with Crippen LogP contribution in [0.15, 0.2) is 16.7 Å². The topological polar surface area (TPSA) is 212 Å². The van der Waals surface area contributed by atoms with Gasteiger partial charge in [-0.05, 0) is 27.7 Å². The first kappa shape index (κ1) is 27.9. The largest absolute Gasteiger partial charge is 0.863 e. The first-order chi connectivity index (χ1) is 15.9. The van der Waals surface area contributed by atoms with Crippen molar-refractivity contribution in [2.45, 2.75) is 47.1 Å².